The highest BCUT2D eigenvalue weighted by molar-refractivity contribution is 5.93. The number of aryl methyl sites for hydroxylation is 1. The van der Waals surface area contributed by atoms with Gasteiger partial charge in [-0.25, -0.2) is 9.97 Å². The van der Waals surface area contributed by atoms with Gasteiger partial charge in [0.05, 0.1) is 11.7 Å². The van der Waals surface area contributed by atoms with Crippen molar-refractivity contribution in [2.75, 3.05) is 13.6 Å². The Morgan fingerprint density at radius 1 is 1.24 bits per heavy atom. The molecule has 0 unspecified atom stereocenters. The summed E-state index contributed by atoms with van der Waals surface area (Å²) < 4.78 is 0. The Labute approximate surface area is 124 Å². The maximum Gasteiger partial charge on any atom is 0.256 e. The lowest BCUT2D eigenvalue weighted by Crippen LogP contribution is -2.29. The van der Waals surface area contributed by atoms with Crippen LogP contribution in [0.2, 0.25) is 0 Å². The molecule has 0 saturated carbocycles. The van der Waals surface area contributed by atoms with Crippen LogP contribution in [0.3, 0.4) is 0 Å². The zero-order chi connectivity index (χ0) is 15.2. The maximum absolute atomic E-state index is 12.2. The Morgan fingerprint density at radius 2 is 1.86 bits per heavy atom. The van der Waals surface area contributed by atoms with Crippen molar-refractivity contribution in [3.8, 4) is 0 Å². The molecule has 1 amide bonds. The van der Waals surface area contributed by atoms with Crippen molar-refractivity contribution in [3.63, 3.8) is 0 Å². The first-order valence-electron chi connectivity index (χ1n) is 6.85. The van der Waals surface area contributed by atoms with Crippen LogP contribution in [0.4, 0.5) is 0 Å². The average Bonchev–Trinajstić information content (AvgIpc) is 2.53. The molecule has 5 heteroatoms. The molecule has 1 aromatic carbocycles. The van der Waals surface area contributed by atoms with Crippen LogP contribution in [0, 0.1) is 6.92 Å². The Morgan fingerprint density at radius 3 is 2.48 bits per heavy atom. The number of amides is 1. The molecular weight excluding hydrogens is 266 g/mol. The molecule has 2 aromatic rings. The van der Waals surface area contributed by atoms with Gasteiger partial charge in [0.25, 0.3) is 5.91 Å². The first-order valence-corrected chi connectivity index (χ1v) is 6.85. The van der Waals surface area contributed by atoms with Crippen LogP contribution in [-0.2, 0) is 0 Å². The summed E-state index contributed by atoms with van der Waals surface area (Å²) in [5.74, 6) is 0.490. The topological polar surface area (TPSA) is 66.3 Å². The normalized spacial score (nSPS) is 12.0. The number of aliphatic hydroxyl groups is 1. The van der Waals surface area contributed by atoms with Gasteiger partial charge in [-0.3, -0.25) is 4.79 Å². The fourth-order valence-corrected chi connectivity index (χ4v) is 1.98. The molecule has 1 atom stereocenters. The number of aliphatic hydroxyl groups excluding tert-OH is 1. The number of benzene rings is 1. The summed E-state index contributed by atoms with van der Waals surface area (Å²) in [6.45, 7) is 2.23. The maximum atomic E-state index is 12.2. The van der Waals surface area contributed by atoms with Gasteiger partial charge in [0, 0.05) is 26.0 Å². The van der Waals surface area contributed by atoms with E-state index in [1.165, 1.54) is 12.4 Å². The highest BCUT2D eigenvalue weighted by Gasteiger charge is 2.14. The van der Waals surface area contributed by atoms with Gasteiger partial charge >= 0.3 is 0 Å². The van der Waals surface area contributed by atoms with Crippen molar-refractivity contribution >= 4 is 5.91 Å². The van der Waals surface area contributed by atoms with Gasteiger partial charge in [0.1, 0.15) is 5.82 Å². The van der Waals surface area contributed by atoms with Crippen molar-refractivity contribution in [1.82, 2.24) is 14.9 Å². The number of nitrogens with zero attached hydrogens (tertiary/aromatic N) is 3. The fourth-order valence-electron chi connectivity index (χ4n) is 1.98. The molecule has 21 heavy (non-hydrogen) atoms. The smallest absolute Gasteiger partial charge is 0.256 e. The zero-order valence-corrected chi connectivity index (χ0v) is 12.2. The molecule has 1 aromatic heterocycles. The van der Waals surface area contributed by atoms with E-state index in [1.54, 1.807) is 18.9 Å². The molecule has 0 bridgehead atoms. The number of hydrogen-bond acceptors (Lipinski definition) is 4. The molecule has 0 aliphatic heterocycles. The van der Waals surface area contributed by atoms with Crippen molar-refractivity contribution in [1.29, 1.82) is 0 Å². The van der Waals surface area contributed by atoms with Gasteiger partial charge in [0.15, 0.2) is 0 Å². The van der Waals surface area contributed by atoms with Gasteiger partial charge in [-0.05, 0) is 18.9 Å². The molecule has 0 fully saturated rings. The summed E-state index contributed by atoms with van der Waals surface area (Å²) in [6.07, 6.45) is 2.96. The molecule has 0 saturated heterocycles. The highest BCUT2D eigenvalue weighted by Crippen LogP contribution is 2.16. The molecule has 0 aliphatic rings. The summed E-state index contributed by atoms with van der Waals surface area (Å²) >= 11 is 0. The molecular formula is C16H19N3O2. The molecule has 0 radical (unpaired) electrons. The molecule has 1 N–H and O–H groups in total. The molecule has 0 aliphatic carbocycles. The lowest BCUT2D eigenvalue weighted by Gasteiger charge is -2.19. The van der Waals surface area contributed by atoms with Gasteiger partial charge in [-0.1, -0.05) is 30.3 Å². The minimum atomic E-state index is -0.573. The zero-order valence-electron chi connectivity index (χ0n) is 12.2. The Bertz CT molecular complexity index is 584. The lowest BCUT2D eigenvalue weighted by atomic mass is 10.1. The number of carbonyl (C=O) groups is 1. The first-order chi connectivity index (χ1) is 10.1. The van der Waals surface area contributed by atoms with E-state index in [-0.39, 0.29) is 5.91 Å². The summed E-state index contributed by atoms with van der Waals surface area (Å²) in [4.78, 5) is 21.8. The largest absolute Gasteiger partial charge is 0.388 e. The van der Waals surface area contributed by atoms with Crippen LogP contribution in [-0.4, -0.2) is 39.5 Å². The molecule has 2 rings (SSSR count). The average molecular weight is 285 g/mol. The Balaban J connectivity index is 1.91. The van der Waals surface area contributed by atoms with E-state index in [9.17, 15) is 9.90 Å². The summed E-state index contributed by atoms with van der Waals surface area (Å²) in [5, 5.41) is 10.1. The van der Waals surface area contributed by atoms with E-state index in [2.05, 4.69) is 9.97 Å². The van der Waals surface area contributed by atoms with Gasteiger partial charge < -0.3 is 10.0 Å². The van der Waals surface area contributed by atoms with E-state index in [0.717, 1.165) is 5.56 Å². The van der Waals surface area contributed by atoms with Crippen LogP contribution in [0.1, 0.15) is 34.3 Å². The third kappa shape index (κ3) is 4.10. The highest BCUT2D eigenvalue weighted by atomic mass is 16.3. The molecule has 110 valence electrons. The van der Waals surface area contributed by atoms with Gasteiger partial charge in [-0.2, -0.15) is 0 Å². The molecule has 1 heterocycles. The van der Waals surface area contributed by atoms with Crippen molar-refractivity contribution in [3.05, 3.63) is 59.7 Å². The third-order valence-corrected chi connectivity index (χ3v) is 3.30. The van der Waals surface area contributed by atoms with Crippen LogP contribution in [0.25, 0.3) is 0 Å². The van der Waals surface area contributed by atoms with Crippen LogP contribution < -0.4 is 0 Å². The summed E-state index contributed by atoms with van der Waals surface area (Å²) in [5.41, 5.74) is 1.31. The van der Waals surface area contributed by atoms with E-state index >= 15 is 0 Å². The van der Waals surface area contributed by atoms with Gasteiger partial charge in [0.2, 0.25) is 0 Å². The van der Waals surface area contributed by atoms with E-state index in [0.29, 0.717) is 24.4 Å². The monoisotopic (exact) mass is 285 g/mol. The van der Waals surface area contributed by atoms with E-state index in [4.69, 9.17) is 0 Å². The van der Waals surface area contributed by atoms with Crippen molar-refractivity contribution in [2.45, 2.75) is 19.4 Å². The second kappa shape index (κ2) is 6.95. The predicted octanol–water partition coefficient (Wildman–Crippen LogP) is 1.98. The van der Waals surface area contributed by atoms with Crippen LogP contribution in [0.15, 0.2) is 42.7 Å². The molecule has 0 spiro atoms. The Kier molecular flexibility index (Phi) is 5.00. The van der Waals surface area contributed by atoms with Crippen molar-refractivity contribution in [2.24, 2.45) is 0 Å². The lowest BCUT2D eigenvalue weighted by molar-refractivity contribution is 0.0760. The molecule has 5 nitrogen and oxygen atoms in total. The van der Waals surface area contributed by atoms with E-state index in [1.807, 2.05) is 30.3 Å². The number of rotatable bonds is 5. The summed E-state index contributed by atoms with van der Waals surface area (Å²) in [7, 11) is 1.71. The number of hydrogen-bond donors (Lipinski definition) is 1. The predicted molar refractivity (Wildman–Crippen MR) is 79.7 cm³/mol. The number of aromatic nitrogens is 2. The summed E-state index contributed by atoms with van der Waals surface area (Å²) in [6, 6.07) is 9.43. The fraction of sp³-hybridized carbons (Fsp3) is 0.312. The minimum Gasteiger partial charge on any atom is -0.388 e. The second-order valence-electron chi connectivity index (χ2n) is 4.96. The van der Waals surface area contributed by atoms with Crippen molar-refractivity contribution < 1.29 is 9.90 Å². The van der Waals surface area contributed by atoms with E-state index < -0.39 is 6.10 Å². The first kappa shape index (κ1) is 15.1. The minimum absolute atomic E-state index is 0.143. The van der Waals surface area contributed by atoms with Gasteiger partial charge in [-0.15, -0.1) is 0 Å². The standard InChI is InChI=1S/C16H19N3O2/c1-12-17-10-14(11-18-12)16(21)19(2)9-8-15(20)13-6-4-3-5-7-13/h3-7,10-11,15,20H,8-9H2,1-2H3/t15-/m1/s1. The quantitative estimate of drug-likeness (QED) is 0.912. The third-order valence-electron chi connectivity index (χ3n) is 3.30. The second-order valence-corrected chi connectivity index (χ2v) is 4.96. The number of carbonyl (C=O) groups excluding carboxylic acids is 1. The van der Waals surface area contributed by atoms with Crippen LogP contribution in [0.5, 0.6) is 0 Å². The SMILES string of the molecule is Cc1ncc(C(=O)N(C)CC[C@@H](O)c2ccccc2)cn1. The Hall–Kier alpha value is -2.27. The van der Waals surface area contributed by atoms with Crippen LogP contribution >= 0.6 is 0 Å².